The van der Waals surface area contributed by atoms with Gasteiger partial charge in [-0.2, -0.15) is 0 Å². The summed E-state index contributed by atoms with van der Waals surface area (Å²) in [5.74, 6) is 4.40. The molecule has 5 rings (SSSR count). The first-order chi connectivity index (χ1) is 13.9. The molecule has 0 aromatic heterocycles. The van der Waals surface area contributed by atoms with Gasteiger partial charge in [-0.25, -0.2) is 0 Å². The Kier molecular flexibility index (Phi) is 4.67. The summed E-state index contributed by atoms with van der Waals surface area (Å²) in [7, 11) is 0. The summed E-state index contributed by atoms with van der Waals surface area (Å²) >= 11 is 0. The second kappa shape index (κ2) is 6.99. The lowest BCUT2D eigenvalue weighted by Crippen LogP contribution is -2.53. The second-order valence-corrected chi connectivity index (χ2v) is 11.0. The molecule has 0 N–H and O–H groups in total. The molecule has 1 unspecified atom stereocenters. The number of nitrogens with zero attached hydrogens (tertiary/aromatic N) is 1. The van der Waals surface area contributed by atoms with Crippen LogP contribution in [0.2, 0.25) is 0 Å². The minimum atomic E-state index is -0.353. The van der Waals surface area contributed by atoms with Crippen LogP contribution >= 0.6 is 0 Å². The second-order valence-electron chi connectivity index (χ2n) is 11.0. The molecule has 1 aromatic rings. The van der Waals surface area contributed by atoms with Gasteiger partial charge in [-0.05, 0) is 104 Å². The van der Waals surface area contributed by atoms with Crippen LogP contribution in [-0.4, -0.2) is 11.0 Å². The van der Waals surface area contributed by atoms with E-state index in [1.807, 2.05) is 0 Å². The van der Waals surface area contributed by atoms with Crippen LogP contribution in [-0.2, 0) is 0 Å². The van der Waals surface area contributed by atoms with Gasteiger partial charge >= 0.3 is 0 Å². The highest BCUT2D eigenvalue weighted by atomic mass is 16.6. The highest BCUT2D eigenvalue weighted by Gasteiger charge is 2.57. The summed E-state index contributed by atoms with van der Waals surface area (Å²) in [6, 6.07) is 6.61. The van der Waals surface area contributed by atoms with Crippen LogP contribution in [0.5, 0.6) is 5.75 Å². The van der Waals surface area contributed by atoms with Gasteiger partial charge in [-0.3, -0.25) is 10.1 Å². The van der Waals surface area contributed by atoms with Crippen molar-refractivity contribution in [1.29, 1.82) is 0 Å². The topological polar surface area (TPSA) is 52.4 Å². The third kappa shape index (κ3) is 3.18. The molecule has 4 aliphatic carbocycles. The van der Waals surface area contributed by atoms with E-state index in [0.29, 0.717) is 10.8 Å². The molecule has 0 radical (unpaired) electrons. The van der Waals surface area contributed by atoms with E-state index in [0.717, 1.165) is 42.3 Å². The highest BCUT2D eigenvalue weighted by Crippen LogP contribution is 2.66. The molecule has 158 valence electrons. The van der Waals surface area contributed by atoms with Gasteiger partial charge in [0, 0.05) is 12.1 Å². The van der Waals surface area contributed by atoms with Gasteiger partial charge in [0.05, 0.1) is 11.0 Å². The van der Waals surface area contributed by atoms with E-state index in [4.69, 9.17) is 4.74 Å². The van der Waals surface area contributed by atoms with Gasteiger partial charge in [-0.1, -0.05) is 20.3 Å². The van der Waals surface area contributed by atoms with Crippen LogP contribution in [0.25, 0.3) is 0 Å². The molecule has 4 heteroatoms. The van der Waals surface area contributed by atoms with Crippen molar-refractivity contribution in [2.45, 2.75) is 84.2 Å². The number of non-ortho nitro benzene ring substituents is 1. The Bertz CT molecular complexity index is 777. The van der Waals surface area contributed by atoms with Gasteiger partial charge in [0.25, 0.3) is 5.69 Å². The predicted octanol–water partition coefficient (Wildman–Crippen LogP) is 6.78. The Morgan fingerprint density at radius 1 is 0.966 bits per heavy atom. The summed E-state index contributed by atoms with van der Waals surface area (Å²) < 4.78 is 6.28. The maximum atomic E-state index is 10.9. The van der Waals surface area contributed by atoms with Crippen molar-refractivity contribution in [3.05, 3.63) is 34.4 Å². The van der Waals surface area contributed by atoms with Crippen molar-refractivity contribution >= 4 is 5.69 Å². The fourth-order valence-electron chi connectivity index (χ4n) is 8.16. The molecule has 0 spiro atoms. The Labute approximate surface area is 174 Å². The average molecular weight is 398 g/mol. The first-order valence-electron chi connectivity index (χ1n) is 11.8. The van der Waals surface area contributed by atoms with E-state index in [1.165, 1.54) is 51.4 Å². The zero-order valence-corrected chi connectivity index (χ0v) is 17.9. The van der Waals surface area contributed by atoms with Gasteiger partial charge in [0.15, 0.2) is 0 Å². The molecular weight excluding hydrogens is 362 g/mol. The molecule has 4 nitrogen and oxygen atoms in total. The molecule has 0 bridgehead atoms. The molecule has 0 heterocycles. The Morgan fingerprint density at radius 3 is 2.52 bits per heavy atom. The van der Waals surface area contributed by atoms with Crippen LogP contribution in [0, 0.1) is 44.6 Å². The number of fused-ring (bicyclic) bond motifs is 5. The van der Waals surface area contributed by atoms with Gasteiger partial charge < -0.3 is 4.74 Å². The zero-order valence-electron chi connectivity index (χ0n) is 17.9. The largest absolute Gasteiger partial charge is 0.490 e. The summed E-state index contributed by atoms with van der Waals surface area (Å²) in [5, 5.41) is 10.9. The monoisotopic (exact) mass is 397 g/mol. The van der Waals surface area contributed by atoms with Crippen molar-refractivity contribution in [3.8, 4) is 5.75 Å². The van der Waals surface area contributed by atoms with Gasteiger partial charge in [-0.15, -0.1) is 0 Å². The fraction of sp³-hybridized carbons (Fsp3) is 0.760. The maximum Gasteiger partial charge on any atom is 0.269 e. The minimum absolute atomic E-state index is 0.128. The molecule has 29 heavy (non-hydrogen) atoms. The van der Waals surface area contributed by atoms with Crippen molar-refractivity contribution in [1.82, 2.24) is 0 Å². The quantitative estimate of drug-likeness (QED) is 0.417. The van der Waals surface area contributed by atoms with Crippen LogP contribution in [0.15, 0.2) is 24.3 Å². The number of hydrogen-bond acceptors (Lipinski definition) is 3. The highest BCUT2D eigenvalue weighted by molar-refractivity contribution is 5.36. The van der Waals surface area contributed by atoms with E-state index in [2.05, 4.69) is 13.8 Å². The zero-order chi connectivity index (χ0) is 20.2. The summed E-state index contributed by atoms with van der Waals surface area (Å²) in [4.78, 5) is 10.5. The fourth-order valence-corrected chi connectivity index (χ4v) is 8.16. The van der Waals surface area contributed by atoms with Crippen LogP contribution < -0.4 is 4.74 Å². The van der Waals surface area contributed by atoms with Crippen molar-refractivity contribution in [2.75, 3.05) is 0 Å². The van der Waals surface area contributed by atoms with Crippen molar-refractivity contribution in [3.63, 3.8) is 0 Å². The first kappa shape index (κ1) is 19.4. The minimum Gasteiger partial charge on any atom is -0.490 e. The van der Waals surface area contributed by atoms with E-state index >= 15 is 0 Å². The standard InChI is InChI=1S/C25H35NO3/c1-24-13-3-4-22(24)21-10-5-17-16-20(11-15-25(17,2)23(21)12-14-24)29-19-8-6-18(7-9-19)26(27)28/h6-9,17,20-23H,3-5,10-16H2,1-2H3/t17-,20?,21-,22-,23-,24-,25-/m0/s1. The summed E-state index contributed by atoms with van der Waals surface area (Å²) in [5.41, 5.74) is 1.26. The van der Waals surface area contributed by atoms with Crippen molar-refractivity contribution in [2.24, 2.45) is 34.5 Å². The molecule has 0 saturated heterocycles. The number of ether oxygens (including phenoxy) is 1. The van der Waals surface area contributed by atoms with E-state index in [-0.39, 0.29) is 16.7 Å². The number of rotatable bonds is 3. The van der Waals surface area contributed by atoms with E-state index in [9.17, 15) is 10.1 Å². The lowest BCUT2D eigenvalue weighted by Gasteiger charge is -2.60. The number of benzene rings is 1. The Balaban J connectivity index is 1.27. The molecule has 0 aliphatic heterocycles. The summed E-state index contributed by atoms with van der Waals surface area (Å²) in [6.45, 7) is 5.19. The van der Waals surface area contributed by atoms with Crippen LogP contribution in [0.1, 0.15) is 78.1 Å². The maximum absolute atomic E-state index is 10.9. The number of nitro groups is 1. The summed E-state index contributed by atoms with van der Waals surface area (Å²) in [6.07, 6.45) is 13.9. The van der Waals surface area contributed by atoms with Crippen LogP contribution in [0.4, 0.5) is 5.69 Å². The smallest absolute Gasteiger partial charge is 0.269 e. The van der Waals surface area contributed by atoms with E-state index < -0.39 is 0 Å². The lowest BCUT2D eigenvalue weighted by atomic mass is 9.45. The normalized spacial score (nSPS) is 43.7. The first-order valence-corrected chi connectivity index (χ1v) is 11.8. The molecule has 4 aliphatic rings. The molecule has 0 amide bonds. The predicted molar refractivity (Wildman–Crippen MR) is 114 cm³/mol. The molecule has 7 atom stereocenters. The number of hydrogen-bond donors (Lipinski definition) is 0. The third-order valence-corrected chi connectivity index (χ3v) is 9.75. The third-order valence-electron chi connectivity index (χ3n) is 9.75. The van der Waals surface area contributed by atoms with Gasteiger partial charge in [0.1, 0.15) is 5.75 Å². The Morgan fingerprint density at radius 2 is 1.76 bits per heavy atom. The SMILES string of the molecule is C[C@@]12CCC[C@H]1[C@@H]1CC[C@H]3CC(Oc4ccc([N+](=O)[O-])cc4)CC[C@]3(C)[C@H]1CC2. The molecular formula is C25H35NO3. The average Bonchev–Trinajstić information content (AvgIpc) is 3.10. The molecule has 1 aromatic carbocycles. The lowest BCUT2D eigenvalue weighted by molar-refractivity contribution is -0.384. The van der Waals surface area contributed by atoms with Gasteiger partial charge in [0.2, 0.25) is 0 Å². The molecule has 4 fully saturated rings. The number of nitro benzene ring substituents is 1. The Hall–Kier alpha value is -1.58. The van der Waals surface area contributed by atoms with Crippen LogP contribution in [0.3, 0.4) is 0 Å². The van der Waals surface area contributed by atoms with Crippen molar-refractivity contribution < 1.29 is 9.66 Å². The van der Waals surface area contributed by atoms with E-state index in [1.54, 1.807) is 24.3 Å². The molecule has 4 saturated carbocycles.